The van der Waals surface area contributed by atoms with E-state index in [0.29, 0.717) is 17.1 Å². The van der Waals surface area contributed by atoms with Crippen molar-refractivity contribution in [2.75, 3.05) is 40.1 Å². The molecule has 1 aromatic rings. The summed E-state index contributed by atoms with van der Waals surface area (Å²) in [5.41, 5.74) is 0.713. The monoisotopic (exact) mass is 358 g/mol. The first-order valence-electron chi connectivity index (χ1n) is 7.37. The fourth-order valence-corrected chi connectivity index (χ4v) is 3.44. The number of hydrogen-bond acceptors (Lipinski definition) is 6. The van der Waals surface area contributed by atoms with E-state index in [1.807, 2.05) is 0 Å². The zero-order valence-corrected chi connectivity index (χ0v) is 14.7. The minimum absolute atomic E-state index is 0.0468. The Morgan fingerprint density at radius 3 is 2.54 bits per heavy atom. The summed E-state index contributed by atoms with van der Waals surface area (Å²) in [6.07, 6.45) is 0.0658. The van der Waals surface area contributed by atoms with E-state index < -0.39 is 16.1 Å². The van der Waals surface area contributed by atoms with Crippen LogP contribution in [0.5, 0.6) is 11.5 Å². The minimum atomic E-state index is -3.55. The van der Waals surface area contributed by atoms with Crippen molar-refractivity contribution in [3.8, 4) is 11.5 Å². The molecule has 1 aromatic carbocycles. The van der Waals surface area contributed by atoms with Gasteiger partial charge in [-0.1, -0.05) is 12.1 Å². The van der Waals surface area contributed by atoms with Crippen LogP contribution >= 0.6 is 0 Å². The molecule has 1 N–H and O–H groups in total. The van der Waals surface area contributed by atoms with E-state index in [4.69, 9.17) is 9.47 Å². The Bertz CT molecular complexity index is 706. The maximum absolute atomic E-state index is 12.4. The largest absolute Gasteiger partial charge is 0.493 e. The molecule has 0 radical (unpaired) electrons. The summed E-state index contributed by atoms with van der Waals surface area (Å²) in [4.78, 5) is 13.8. The Hall–Kier alpha value is -1.84. The number of β-amino-alcohol motifs (C(OH)–C–C–N with tert-alkyl or cyclic N) is 1. The quantitative estimate of drug-likeness (QED) is 0.774. The third-order valence-electron chi connectivity index (χ3n) is 3.82. The van der Waals surface area contributed by atoms with Gasteiger partial charge in [-0.2, -0.15) is 4.31 Å². The number of carbonyl (C=O) groups is 1. The van der Waals surface area contributed by atoms with Gasteiger partial charge in [0.15, 0.2) is 11.5 Å². The van der Waals surface area contributed by atoms with Crippen molar-refractivity contribution in [3.05, 3.63) is 23.8 Å². The Morgan fingerprint density at radius 2 is 1.96 bits per heavy atom. The molecule has 1 atom stereocenters. The van der Waals surface area contributed by atoms with Crippen LogP contribution in [0.25, 0.3) is 0 Å². The van der Waals surface area contributed by atoms with Gasteiger partial charge in [0.2, 0.25) is 15.9 Å². The lowest BCUT2D eigenvalue weighted by Crippen LogP contribution is -2.38. The van der Waals surface area contributed by atoms with Crippen LogP contribution in [-0.4, -0.2) is 74.9 Å². The van der Waals surface area contributed by atoms with E-state index in [1.165, 1.54) is 19.1 Å². The van der Waals surface area contributed by atoms with E-state index in [1.54, 1.807) is 18.2 Å². The summed E-state index contributed by atoms with van der Waals surface area (Å²) in [6, 6.07) is 5.31. The molecule has 2 rings (SSSR count). The number of carbonyl (C=O) groups excluding carboxylic acids is 1. The fourth-order valence-electron chi connectivity index (χ4n) is 2.65. The molecule has 1 unspecified atom stereocenters. The number of rotatable bonds is 5. The van der Waals surface area contributed by atoms with Crippen LogP contribution in [0.3, 0.4) is 0 Å². The van der Waals surface area contributed by atoms with Gasteiger partial charge in [0.05, 0.1) is 33.1 Å². The molecule has 0 aliphatic carbocycles. The second-order valence-corrected chi connectivity index (χ2v) is 7.62. The van der Waals surface area contributed by atoms with Gasteiger partial charge in [0.1, 0.15) is 0 Å². The van der Waals surface area contributed by atoms with Crippen molar-refractivity contribution < 1.29 is 27.8 Å². The number of para-hydroxylation sites is 1. The maximum atomic E-state index is 12.4. The van der Waals surface area contributed by atoms with Crippen LogP contribution in [-0.2, 0) is 21.4 Å². The zero-order chi connectivity index (χ0) is 17.9. The molecule has 0 saturated carbocycles. The van der Waals surface area contributed by atoms with Crippen molar-refractivity contribution in [2.45, 2.75) is 12.6 Å². The first-order valence-corrected chi connectivity index (χ1v) is 9.22. The number of aliphatic hydroxyl groups excluding tert-OH is 1. The molecule has 1 aliphatic heterocycles. The van der Waals surface area contributed by atoms with E-state index in [9.17, 15) is 18.3 Å². The highest BCUT2D eigenvalue weighted by Gasteiger charge is 2.31. The number of amides is 1. The molecule has 8 nitrogen and oxygen atoms in total. The standard InChI is InChI=1S/C15H22N2O6S/c1-22-13-6-4-5-11(15(13)23-2)7-16-8-12(18)9-17(10-14(16)19)24(3,20)21/h4-6,12,18H,7-10H2,1-3H3. The molecule has 24 heavy (non-hydrogen) atoms. The van der Waals surface area contributed by atoms with E-state index >= 15 is 0 Å². The minimum Gasteiger partial charge on any atom is -0.493 e. The van der Waals surface area contributed by atoms with Gasteiger partial charge < -0.3 is 19.5 Å². The van der Waals surface area contributed by atoms with Crippen molar-refractivity contribution in [3.63, 3.8) is 0 Å². The van der Waals surface area contributed by atoms with Gasteiger partial charge in [-0.3, -0.25) is 4.79 Å². The molecule has 134 valence electrons. The van der Waals surface area contributed by atoms with Crippen LogP contribution in [0.15, 0.2) is 18.2 Å². The van der Waals surface area contributed by atoms with Gasteiger partial charge in [-0.25, -0.2) is 8.42 Å². The van der Waals surface area contributed by atoms with Crippen LogP contribution in [0.1, 0.15) is 5.56 Å². The predicted molar refractivity (Wildman–Crippen MR) is 87.4 cm³/mol. The summed E-state index contributed by atoms with van der Waals surface area (Å²) in [7, 11) is -0.528. The Balaban J connectivity index is 2.25. The van der Waals surface area contributed by atoms with E-state index in [2.05, 4.69) is 0 Å². The van der Waals surface area contributed by atoms with Crippen LogP contribution in [0.4, 0.5) is 0 Å². The molecular formula is C15H22N2O6S. The number of methoxy groups -OCH3 is 2. The number of nitrogens with zero attached hydrogens (tertiary/aromatic N) is 2. The van der Waals surface area contributed by atoms with Crippen LogP contribution in [0, 0.1) is 0 Å². The molecule has 1 fully saturated rings. The van der Waals surface area contributed by atoms with E-state index in [0.717, 1.165) is 10.6 Å². The molecule has 9 heteroatoms. The Morgan fingerprint density at radius 1 is 1.25 bits per heavy atom. The summed E-state index contributed by atoms with van der Waals surface area (Å²) >= 11 is 0. The average molecular weight is 358 g/mol. The Kier molecular flexibility index (Phi) is 5.68. The second-order valence-electron chi connectivity index (χ2n) is 5.64. The highest BCUT2D eigenvalue weighted by Crippen LogP contribution is 2.31. The van der Waals surface area contributed by atoms with E-state index in [-0.39, 0.29) is 32.1 Å². The predicted octanol–water partition coefficient (Wildman–Crippen LogP) is -0.331. The number of ether oxygens (including phenoxy) is 2. The molecule has 0 aromatic heterocycles. The smallest absolute Gasteiger partial charge is 0.238 e. The maximum Gasteiger partial charge on any atom is 0.238 e. The summed E-state index contributed by atoms with van der Waals surface area (Å²) in [5.74, 6) is 0.670. The van der Waals surface area contributed by atoms with Crippen LogP contribution < -0.4 is 9.47 Å². The van der Waals surface area contributed by atoms with Crippen molar-refractivity contribution in [1.82, 2.24) is 9.21 Å². The van der Waals surface area contributed by atoms with Crippen molar-refractivity contribution in [1.29, 1.82) is 0 Å². The Labute approximate surface area is 141 Å². The molecule has 1 amide bonds. The highest BCUT2D eigenvalue weighted by molar-refractivity contribution is 7.88. The van der Waals surface area contributed by atoms with Crippen LogP contribution in [0.2, 0.25) is 0 Å². The second kappa shape index (κ2) is 7.37. The van der Waals surface area contributed by atoms with Gasteiger partial charge >= 0.3 is 0 Å². The lowest BCUT2D eigenvalue weighted by molar-refractivity contribution is -0.131. The molecule has 0 spiro atoms. The molecule has 1 aliphatic rings. The third-order valence-corrected chi connectivity index (χ3v) is 5.04. The SMILES string of the molecule is COc1cccc(CN2CC(O)CN(S(C)(=O)=O)CC2=O)c1OC. The molecule has 1 saturated heterocycles. The zero-order valence-electron chi connectivity index (χ0n) is 13.9. The number of aliphatic hydroxyl groups is 1. The lowest BCUT2D eigenvalue weighted by Gasteiger charge is -2.23. The van der Waals surface area contributed by atoms with Gasteiger partial charge in [-0.05, 0) is 6.07 Å². The first kappa shape index (κ1) is 18.5. The molecular weight excluding hydrogens is 336 g/mol. The molecule has 1 heterocycles. The average Bonchev–Trinajstić information content (AvgIpc) is 2.65. The van der Waals surface area contributed by atoms with Gasteiger partial charge in [0.25, 0.3) is 0 Å². The normalized spacial score (nSPS) is 19.9. The summed E-state index contributed by atoms with van der Waals surface area (Å²) < 4.78 is 34.9. The first-order chi connectivity index (χ1) is 11.3. The molecule has 0 bridgehead atoms. The number of benzene rings is 1. The van der Waals surface area contributed by atoms with Gasteiger partial charge in [-0.15, -0.1) is 0 Å². The highest BCUT2D eigenvalue weighted by atomic mass is 32.2. The van der Waals surface area contributed by atoms with Crippen molar-refractivity contribution >= 4 is 15.9 Å². The third kappa shape index (κ3) is 4.16. The summed E-state index contributed by atoms with van der Waals surface area (Å²) in [6.45, 7) is -0.155. The number of hydrogen-bond donors (Lipinski definition) is 1. The number of sulfonamides is 1. The topological polar surface area (TPSA) is 96.4 Å². The lowest BCUT2D eigenvalue weighted by atomic mass is 10.1. The van der Waals surface area contributed by atoms with Gasteiger partial charge in [0, 0.05) is 25.2 Å². The van der Waals surface area contributed by atoms with Crippen molar-refractivity contribution in [2.24, 2.45) is 0 Å². The fraction of sp³-hybridized carbons (Fsp3) is 0.533. The summed E-state index contributed by atoms with van der Waals surface area (Å²) in [5, 5.41) is 10.1.